The molecule has 1 atom stereocenters. The van der Waals surface area contributed by atoms with Gasteiger partial charge in [-0.1, -0.05) is 30.3 Å². The molecule has 0 aliphatic heterocycles. The van der Waals surface area contributed by atoms with Crippen LogP contribution in [0.25, 0.3) is 0 Å². The molecule has 2 aromatic carbocycles. The molecular formula is C16H18N2O2. The van der Waals surface area contributed by atoms with Gasteiger partial charge in [-0.3, -0.25) is 4.79 Å². The Kier molecular flexibility index (Phi) is 4.25. The van der Waals surface area contributed by atoms with E-state index in [9.17, 15) is 4.79 Å². The van der Waals surface area contributed by atoms with Crippen molar-refractivity contribution in [2.24, 2.45) is 0 Å². The lowest BCUT2D eigenvalue weighted by molar-refractivity contribution is -0.117. The maximum absolute atomic E-state index is 12.2. The zero-order chi connectivity index (χ0) is 14.5. The van der Waals surface area contributed by atoms with Gasteiger partial charge < -0.3 is 15.8 Å². The number of carbonyl (C=O) groups excluding carboxylic acids is 1. The molecule has 0 saturated heterocycles. The van der Waals surface area contributed by atoms with Crippen LogP contribution in [0.3, 0.4) is 0 Å². The van der Waals surface area contributed by atoms with Crippen molar-refractivity contribution in [2.45, 2.75) is 12.8 Å². The van der Waals surface area contributed by atoms with Gasteiger partial charge in [-0.15, -0.1) is 0 Å². The van der Waals surface area contributed by atoms with Crippen molar-refractivity contribution in [2.75, 3.05) is 18.2 Å². The number of nitrogen functional groups attached to an aromatic ring is 1. The van der Waals surface area contributed by atoms with Crippen molar-refractivity contribution in [3.8, 4) is 5.75 Å². The Bertz CT molecular complexity index is 597. The van der Waals surface area contributed by atoms with Crippen LogP contribution in [0.2, 0.25) is 0 Å². The number of hydrogen-bond acceptors (Lipinski definition) is 3. The summed E-state index contributed by atoms with van der Waals surface area (Å²) >= 11 is 0. The van der Waals surface area contributed by atoms with Crippen molar-refractivity contribution < 1.29 is 9.53 Å². The van der Waals surface area contributed by atoms with Crippen molar-refractivity contribution >= 4 is 17.3 Å². The number of methoxy groups -OCH3 is 1. The Morgan fingerprint density at radius 3 is 2.50 bits per heavy atom. The number of anilines is 2. The molecule has 0 radical (unpaired) electrons. The Balaban J connectivity index is 2.10. The zero-order valence-electron chi connectivity index (χ0n) is 11.6. The summed E-state index contributed by atoms with van der Waals surface area (Å²) in [6, 6.07) is 14.8. The van der Waals surface area contributed by atoms with E-state index in [2.05, 4.69) is 5.32 Å². The zero-order valence-corrected chi connectivity index (χ0v) is 11.6. The maximum Gasteiger partial charge on any atom is 0.231 e. The lowest BCUT2D eigenvalue weighted by atomic mass is 10.0. The average molecular weight is 270 g/mol. The molecule has 0 aliphatic carbocycles. The largest absolute Gasteiger partial charge is 0.495 e. The van der Waals surface area contributed by atoms with Crippen LogP contribution < -0.4 is 15.8 Å². The summed E-state index contributed by atoms with van der Waals surface area (Å²) in [7, 11) is 1.56. The molecule has 1 amide bonds. The van der Waals surface area contributed by atoms with Gasteiger partial charge in [-0.2, -0.15) is 0 Å². The van der Waals surface area contributed by atoms with Crippen LogP contribution in [-0.4, -0.2) is 13.0 Å². The van der Waals surface area contributed by atoms with E-state index in [0.717, 1.165) is 5.56 Å². The number of amides is 1. The van der Waals surface area contributed by atoms with Crippen LogP contribution >= 0.6 is 0 Å². The summed E-state index contributed by atoms with van der Waals surface area (Å²) in [6.07, 6.45) is 0. The lowest BCUT2D eigenvalue weighted by Gasteiger charge is -2.13. The van der Waals surface area contributed by atoms with E-state index in [1.807, 2.05) is 37.3 Å². The molecule has 1 unspecified atom stereocenters. The summed E-state index contributed by atoms with van der Waals surface area (Å²) in [5, 5.41) is 2.86. The Morgan fingerprint density at radius 1 is 1.20 bits per heavy atom. The summed E-state index contributed by atoms with van der Waals surface area (Å²) in [5.74, 6) is 0.305. The predicted octanol–water partition coefficient (Wildman–Crippen LogP) is 3.02. The Morgan fingerprint density at radius 2 is 1.90 bits per heavy atom. The molecule has 0 saturated carbocycles. The summed E-state index contributed by atoms with van der Waals surface area (Å²) < 4.78 is 5.08. The molecule has 104 valence electrons. The first-order valence-corrected chi connectivity index (χ1v) is 6.41. The molecule has 0 bridgehead atoms. The van der Waals surface area contributed by atoms with Crippen LogP contribution in [0.4, 0.5) is 11.4 Å². The number of ether oxygens (including phenoxy) is 1. The molecule has 4 heteroatoms. The highest BCUT2D eigenvalue weighted by atomic mass is 16.5. The smallest absolute Gasteiger partial charge is 0.231 e. The van der Waals surface area contributed by atoms with Gasteiger partial charge in [0.15, 0.2) is 0 Å². The molecule has 3 N–H and O–H groups in total. The van der Waals surface area contributed by atoms with E-state index in [4.69, 9.17) is 10.5 Å². The van der Waals surface area contributed by atoms with Gasteiger partial charge in [0.25, 0.3) is 0 Å². The van der Waals surface area contributed by atoms with Gasteiger partial charge >= 0.3 is 0 Å². The van der Waals surface area contributed by atoms with Gasteiger partial charge in [0.05, 0.1) is 18.7 Å². The van der Waals surface area contributed by atoms with Crippen LogP contribution in [0, 0.1) is 0 Å². The molecule has 0 aliphatic rings. The Labute approximate surface area is 118 Å². The predicted molar refractivity (Wildman–Crippen MR) is 80.9 cm³/mol. The van der Waals surface area contributed by atoms with Gasteiger partial charge in [0.2, 0.25) is 5.91 Å². The van der Waals surface area contributed by atoms with E-state index in [1.165, 1.54) is 0 Å². The third-order valence-electron chi connectivity index (χ3n) is 3.19. The van der Waals surface area contributed by atoms with Gasteiger partial charge in [-0.25, -0.2) is 0 Å². The molecule has 0 aromatic heterocycles. The van der Waals surface area contributed by atoms with E-state index in [-0.39, 0.29) is 11.8 Å². The second-order valence-corrected chi connectivity index (χ2v) is 4.58. The number of nitrogens with two attached hydrogens (primary N) is 1. The van der Waals surface area contributed by atoms with E-state index in [0.29, 0.717) is 17.1 Å². The summed E-state index contributed by atoms with van der Waals surface area (Å²) in [4.78, 5) is 12.2. The first-order valence-electron chi connectivity index (χ1n) is 6.41. The molecule has 2 rings (SSSR count). The van der Waals surface area contributed by atoms with Crippen LogP contribution in [-0.2, 0) is 4.79 Å². The minimum Gasteiger partial charge on any atom is -0.495 e. The minimum absolute atomic E-state index is 0.0687. The second kappa shape index (κ2) is 6.10. The van der Waals surface area contributed by atoms with E-state index < -0.39 is 0 Å². The summed E-state index contributed by atoms with van der Waals surface area (Å²) in [5.41, 5.74) is 7.96. The molecule has 2 aromatic rings. The number of benzene rings is 2. The molecule has 4 nitrogen and oxygen atoms in total. The Hall–Kier alpha value is -2.49. The monoisotopic (exact) mass is 270 g/mol. The van der Waals surface area contributed by atoms with E-state index >= 15 is 0 Å². The van der Waals surface area contributed by atoms with Crippen LogP contribution in [0.15, 0.2) is 48.5 Å². The van der Waals surface area contributed by atoms with Crippen molar-refractivity contribution in [1.29, 1.82) is 0 Å². The normalized spacial score (nSPS) is 11.7. The fourth-order valence-corrected chi connectivity index (χ4v) is 1.96. The molecule has 20 heavy (non-hydrogen) atoms. The second-order valence-electron chi connectivity index (χ2n) is 4.58. The highest BCUT2D eigenvalue weighted by Crippen LogP contribution is 2.25. The van der Waals surface area contributed by atoms with Crippen LogP contribution in [0.5, 0.6) is 5.75 Å². The summed E-state index contributed by atoms with van der Waals surface area (Å²) in [6.45, 7) is 1.87. The van der Waals surface area contributed by atoms with Gasteiger partial charge in [0.1, 0.15) is 5.75 Å². The van der Waals surface area contributed by atoms with Gasteiger partial charge in [-0.05, 0) is 30.7 Å². The number of rotatable bonds is 4. The first kappa shape index (κ1) is 13.9. The van der Waals surface area contributed by atoms with Crippen LogP contribution in [0.1, 0.15) is 18.4 Å². The first-order chi connectivity index (χ1) is 9.61. The number of carbonyl (C=O) groups is 1. The van der Waals surface area contributed by atoms with Gasteiger partial charge in [0, 0.05) is 5.69 Å². The number of hydrogen-bond donors (Lipinski definition) is 2. The third-order valence-corrected chi connectivity index (χ3v) is 3.19. The lowest BCUT2D eigenvalue weighted by Crippen LogP contribution is -2.18. The molecule has 0 spiro atoms. The topological polar surface area (TPSA) is 64.3 Å². The quantitative estimate of drug-likeness (QED) is 0.839. The van der Waals surface area contributed by atoms with E-state index in [1.54, 1.807) is 25.3 Å². The fraction of sp³-hybridized carbons (Fsp3) is 0.188. The standard InChI is InChI=1S/C16H18N2O2/c1-11(12-6-4-3-5-7-12)16(19)18-13-8-9-15(20-2)14(17)10-13/h3-11H,17H2,1-2H3,(H,18,19). The SMILES string of the molecule is COc1ccc(NC(=O)C(C)c2ccccc2)cc1N. The fourth-order valence-electron chi connectivity index (χ4n) is 1.96. The van der Waals surface area contributed by atoms with Crippen molar-refractivity contribution in [1.82, 2.24) is 0 Å². The highest BCUT2D eigenvalue weighted by Gasteiger charge is 2.15. The average Bonchev–Trinajstić information content (AvgIpc) is 2.47. The van der Waals surface area contributed by atoms with Crippen molar-refractivity contribution in [3.63, 3.8) is 0 Å². The number of nitrogens with one attached hydrogen (secondary N) is 1. The third kappa shape index (κ3) is 3.09. The minimum atomic E-state index is -0.223. The maximum atomic E-state index is 12.2. The molecule has 0 heterocycles. The molecule has 0 fully saturated rings. The highest BCUT2D eigenvalue weighted by molar-refractivity contribution is 5.96. The van der Waals surface area contributed by atoms with Crippen molar-refractivity contribution in [3.05, 3.63) is 54.1 Å². The molecular weight excluding hydrogens is 252 g/mol.